The molecule has 0 atom stereocenters. The average Bonchev–Trinajstić information content (AvgIpc) is 3.28. The monoisotopic (exact) mass is 530 g/mol. The summed E-state index contributed by atoms with van der Waals surface area (Å²) >= 11 is 6.01. The molecule has 12 heteroatoms. The first kappa shape index (κ1) is 25.2. The van der Waals surface area contributed by atoms with E-state index < -0.39 is 38.1 Å². The maximum absolute atomic E-state index is 14.4. The van der Waals surface area contributed by atoms with Gasteiger partial charge in [0.05, 0.1) is 11.9 Å². The van der Waals surface area contributed by atoms with Gasteiger partial charge in [-0.2, -0.15) is 9.40 Å². The van der Waals surface area contributed by atoms with Gasteiger partial charge in [0.25, 0.3) is 0 Å². The Labute approximate surface area is 210 Å². The van der Waals surface area contributed by atoms with Gasteiger partial charge >= 0.3 is 0 Å². The number of nitrogens with zero attached hydrogens (tertiary/aromatic N) is 3. The van der Waals surface area contributed by atoms with E-state index >= 15 is 0 Å². The smallest absolute Gasteiger partial charge is 0.249 e. The Bertz CT molecular complexity index is 1590. The number of phenols is 2. The zero-order valence-corrected chi connectivity index (χ0v) is 20.3. The van der Waals surface area contributed by atoms with Gasteiger partial charge in [0.15, 0.2) is 0 Å². The molecule has 0 radical (unpaired) electrons. The first-order valence-electron chi connectivity index (χ1n) is 10.4. The van der Waals surface area contributed by atoms with Crippen molar-refractivity contribution in [3.63, 3.8) is 0 Å². The number of carbonyl (C=O) groups is 1. The molecule has 0 saturated carbocycles. The van der Waals surface area contributed by atoms with Crippen LogP contribution >= 0.6 is 11.6 Å². The van der Waals surface area contributed by atoms with E-state index in [1.807, 2.05) is 0 Å². The molecule has 1 aromatic heterocycles. The van der Waals surface area contributed by atoms with Crippen LogP contribution in [0.2, 0.25) is 5.02 Å². The topological polar surface area (TPSA) is 139 Å². The minimum atomic E-state index is -4.37. The third-order valence-electron chi connectivity index (χ3n) is 5.49. The lowest BCUT2D eigenvalue weighted by atomic mass is 10.1. The SMILES string of the molecule is CN(Cc1cc(Cl)ccc1C(N)=O)S(=O)(=O)c1cc(-c2ccnn2-c2ccccc2F)c(O)cc1O. The van der Waals surface area contributed by atoms with Crippen molar-refractivity contribution >= 4 is 27.5 Å². The average molecular weight is 531 g/mol. The number of sulfonamides is 1. The van der Waals surface area contributed by atoms with Crippen molar-refractivity contribution in [2.45, 2.75) is 11.4 Å². The number of primary amides is 1. The fourth-order valence-corrected chi connectivity index (χ4v) is 5.15. The van der Waals surface area contributed by atoms with E-state index in [0.717, 1.165) is 16.4 Å². The third-order valence-corrected chi connectivity index (χ3v) is 7.56. The van der Waals surface area contributed by atoms with Gasteiger partial charge in [0.1, 0.15) is 27.9 Å². The van der Waals surface area contributed by atoms with Crippen LogP contribution in [0.15, 0.2) is 71.8 Å². The highest BCUT2D eigenvalue weighted by molar-refractivity contribution is 7.89. The minimum Gasteiger partial charge on any atom is -0.507 e. The van der Waals surface area contributed by atoms with Crippen LogP contribution in [0, 0.1) is 5.82 Å². The van der Waals surface area contributed by atoms with Crippen LogP contribution < -0.4 is 5.73 Å². The van der Waals surface area contributed by atoms with E-state index in [9.17, 15) is 27.8 Å². The van der Waals surface area contributed by atoms with E-state index in [0.29, 0.717) is 0 Å². The zero-order valence-electron chi connectivity index (χ0n) is 18.8. The van der Waals surface area contributed by atoms with E-state index in [-0.39, 0.29) is 39.6 Å². The van der Waals surface area contributed by atoms with Crippen LogP contribution in [-0.2, 0) is 16.6 Å². The van der Waals surface area contributed by atoms with Crippen molar-refractivity contribution in [1.29, 1.82) is 0 Å². The van der Waals surface area contributed by atoms with E-state index in [1.165, 1.54) is 60.4 Å². The second-order valence-corrected chi connectivity index (χ2v) is 10.3. The van der Waals surface area contributed by atoms with Crippen LogP contribution in [0.5, 0.6) is 11.5 Å². The number of amides is 1. The summed E-state index contributed by atoms with van der Waals surface area (Å²) in [6, 6.07) is 13.5. The fourth-order valence-electron chi connectivity index (χ4n) is 3.72. The van der Waals surface area contributed by atoms with Crippen molar-refractivity contribution in [2.75, 3.05) is 7.05 Å². The summed E-state index contributed by atoms with van der Waals surface area (Å²) in [5.41, 5.74) is 5.99. The molecule has 0 bridgehead atoms. The summed E-state index contributed by atoms with van der Waals surface area (Å²) in [4.78, 5) is 11.3. The van der Waals surface area contributed by atoms with Crippen molar-refractivity contribution in [1.82, 2.24) is 14.1 Å². The fraction of sp³-hybridized carbons (Fsp3) is 0.0833. The Morgan fingerprint density at radius 3 is 2.53 bits per heavy atom. The number of benzene rings is 3. The lowest BCUT2D eigenvalue weighted by molar-refractivity contribution is 0.0999. The van der Waals surface area contributed by atoms with E-state index in [1.54, 1.807) is 6.07 Å². The van der Waals surface area contributed by atoms with Gasteiger partial charge in [-0.05, 0) is 48.0 Å². The molecule has 0 aliphatic rings. The molecule has 4 N–H and O–H groups in total. The molecule has 0 spiro atoms. The van der Waals surface area contributed by atoms with Gasteiger partial charge in [-0.1, -0.05) is 23.7 Å². The van der Waals surface area contributed by atoms with E-state index in [2.05, 4.69) is 5.10 Å². The van der Waals surface area contributed by atoms with Gasteiger partial charge in [0.2, 0.25) is 15.9 Å². The first-order chi connectivity index (χ1) is 17.0. The Kier molecular flexibility index (Phi) is 6.72. The molecule has 3 aromatic carbocycles. The third kappa shape index (κ3) is 4.63. The molecule has 0 fully saturated rings. The molecular formula is C24H20ClFN4O5S. The number of phenolic OH excluding ortho intramolecular Hbond substituents is 2. The molecule has 0 aliphatic heterocycles. The maximum Gasteiger partial charge on any atom is 0.249 e. The number of hydrogen-bond acceptors (Lipinski definition) is 6. The lowest BCUT2D eigenvalue weighted by Gasteiger charge is -2.20. The number of aromatic hydroxyl groups is 2. The van der Waals surface area contributed by atoms with Crippen LogP contribution in [0.3, 0.4) is 0 Å². The van der Waals surface area contributed by atoms with Crippen LogP contribution in [-0.4, -0.2) is 45.7 Å². The number of halogens is 2. The number of aromatic nitrogens is 2. The highest BCUT2D eigenvalue weighted by Crippen LogP contribution is 2.39. The standard InChI is InChI=1S/C24H20ClFN4O5S/c1-29(13-14-10-15(25)6-7-16(14)24(27)33)36(34,35)23-11-17(21(31)12-22(23)32)19-8-9-28-30(19)20-5-3-2-4-18(20)26/h2-12,31-32H,13H2,1H3,(H2,27,33). The first-order valence-corrected chi connectivity index (χ1v) is 12.2. The summed E-state index contributed by atoms with van der Waals surface area (Å²) < 4.78 is 43.3. The lowest BCUT2D eigenvalue weighted by Crippen LogP contribution is -2.28. The van der Waals surface area contributed by atoms with Gasteiger partial charge in [0, 0.05) is 35.8 Å². The molecule has 36 heavy (non-hydrogen) atoms. The molecule has 4 aromatic rings. The highest BCUT2D eigenvalue weighted by atomic mass is 35.5. The summed E-state index contributed by atoms with van der Waals surface area (Å²) in [6.45, 7) is -0.288. The molecule has 186 valence electrons. The molecule has 9 nitrogen and oxygen atoms in total. The van der Waals surface area contributed by atoms with Gasteiger partial charge in [-0.3, -0.25) is 4.79 Å². The van der Waals surface area contributed by atoms with Gasteiger partial charge in [-0.15, -0.1) is 0 Å². The van der Waals surface area contributed by atoms with Crippen molar-refractivity contribution in [3.8, 4) is 28.4 Å². The Morgan fingerprint density at radius 2 is 1.83 bits per heavy atom. The summed E-state index contributed by atoms with van der Waals surface area (Å²) in [5.74, 6) is -2.50. The van der Waals surface area contributed by atoms with Crippen LogP contribution in [0.1, 0.15) is 15.9 Å². The van der Waals surface area contributed by atoms with Crippen LogP contribution in [0.25, 0.3) is 16.9 Å². The Balaban J connectivity index is 1.78. The van der Waals surface area contributed by atoms with Gasteiger partial charge < -0.3 is 15.9 Å². The Morgan fingerprint density at radius 1 is 1.11 bits per heavy atom. The maximum atomic E-state index is 14.4. The summed E-state index contributed by atoms with van der Waals surface area (Å²) in [7, 11) is -3.12. The minimum absolute atomic E-state index is 0.0129. The predicted octanol–water partition coefficient (Wildman–Crippen LogP) is 3.66. The molecule has 1 heterocycles. The zero-order chi connectivity index (χ0) is 26.2. The second kappa shape index (κ2) is 9.61. The molecular weight excluding hydrogens is 511 g/mol. The normalized spacial score (nSPS) is 11.7. The number of hydrogen-bond donors (Lipinski definition) is 3. The van der Waals surface area contributed by atoms with Crippen molar-refractivity contribution in [2.24, 2.45) is 5.73 Å². The summed E-state index contributed by atoms with van der Waals surface area (Å²) in [5, 5.41) is 25.3. The highest BCUT2D eigenvalue weighted by Gasteiger charge is 2.28. The quantitative estimate of drug-likeness (QED) is 0.333. The molecule has 0 unspecified atom stereocenters. The number of carbonyl (C=O) groups excluding carboxylic acids is 1. The molecule has 1 amide bonds. The van der Waals surface area contributed by atoms with Crippen LogP contribution in [0.4, 0.5) is 4.39 Å². The van der Waals surface area contributed by atoms with Crippen molar-refractivity contribution in [3.05, 3.63) is 88.8 Å². The largest absolute Gasteiger partial charge is 0.507 e. The number of nitrogens with two attached hydrogens (primary N) is 1. The number of rotatable bonds is 7. The predicted molar refractivity (Wildman–Crippen MR) is 131 cm³/mol. The molecule has 0 aliphatic carbocycles. The number of para-hydroxylation sites is 1. The molecule has 4 rings (SSSR count). The Hall–Kier alpha value is -3.93. The van der Waals surface area contributed by atoms with Crippen molar-refractivity contribution < 1.29 is 27.8 Å². The van der Waals surface area contributed by atoms with E-state index in [4.69, 9.17) is 17.3 Å². The summed E-state index contributed by atoms with van der Waals surface area (Å²) in [6.07, 6.45) is 1.36. The van der Waals surface area contributed by atoms with Gasteiger partial charge in [-0.25, -0.2) is 17.5 Å². The molecule has 0 saturated heterocycles. The second-order valence-electron chi connectivity index (χ2n) is 7.84.